The molecule has 2 N–H and O–H groups in total. The van der Waals surface area contributed by atoms with Crippen LogP contribution in [0.15, 0.2) is 11.4 Å². The molecule has 1 aliphatic rings. The van der Waals surface area contributed by atoms with Crippen molar-refractivity contribution in [3.63, 3.8) is 0 Å². The van der Waals surface area contributed by atoms with Gasteiger partial charge in [-0.1, -0.05) is 11.8 Å². The molecule has 2 rings (SSSR count). The molecule has 0 atom stereocenters. The maximum atomic E-state index is 5.43. The Bertz CT molecular complexity index is 438. The molecule has 1 saturated heterocycles. The van der Waals surface area contributed by atoms with Gasteiger partial charge in [-0.05, 0) is 43.3 Å². The van der Waals surface area contributed by atoms with Gasteiger partial charge in [0.25, 0.3) is 0 Å². The van der Waals surface area contributed by atoms with Crippen LogP contribution in [0.25, 0.3) is 0 Å². The Morgan fingerprint density at radius 3 is 2.95 bits per heavy atom. The smallest absolute Gasteiger partial charge is 0.0555 e. The van der Waals surface area contributed by atoms with Gasteiger partial charge < -0.3 is 10.5 Å². The number of thiophene rings is 1. The topological polar surface area (TPSA) is 38.5 Å². The van der Waals surface area contributed by atoms with Crippen molar-refractivity contribution in [2.24, 2.45) is 11.7 Å². The van der Waals surface area contributed by atoms with Gasteiger partial charge in [-0.25, -0.2) is 0 Å². The third kappa shape index (κ3) is 4.32. The average Bonchev–Trinajstić information content (AvgIpc) is 2.86. The van der Waals surface area contributed by atoms with Crippen LogP contribution in [-0.4, -0.2) is 38.3 Å². The third-order valence-corrected chi connectivity index (χ3v) is 4.45. The second kappa shape index (κ2) is 7.66. The zero-order valence-corrected chi connectivity index (χ0v) is 12.3. The molecule has 2 heterocycles. The van der Waals surface area contributed by atoms with E-state index in [1.165, 1.54) is 17.7 Å². The number of methoxy groups -OCH3 is 1. The number of ether oxygens (including phenoxy) is 1. The van der Waals surface area contributed by atoms with E-state index in [0.717, 1.165) is 37.7 Å². The molecule has 0 amide bonds. The predicted octanol–water partition coefficient (Wildman–Crippen LogP) is 1.92. The first kappa shape index (κ1) is 14.5. The highest BCUT2D eigenvalue weighted by Gasteiger charge is 2.19. The van der Waals surface area contributed by atoms with Crippen LogP contribution >= 0.6 is 11.3 Å². The van der Waals surface area contributed by atoms with E-state index in [1.54, 1.807) is 18.4 Å². The standard InChI is InChI=1S/C15H22N2OS/c1-18-12-13-4-8-17(9-5-13)11-15-14(3-2-7-16)6-10-19-15/h6,10,13H,4-5,7-9,11-12,16H2,1H3. The van der Waals surface area contributed by atoms with Gasteiger partial charge in [0.05, 0.1) is 6.54 Å². The highest BCUT2D eigenvalue weighted by Crippen LogP contribution is 2.23. The van der Waals surface area contributed by atoms with Gasteiger partial charge in [-0.15, -0.1) is 11.3 Å². The minimum absolute atomic E-state index is 0.428. The molecule has 0 aromatic carbocycles. The van der Waals surface area contributed by atoms with E-state index < -0.39 is 0 Å². The highest BCUT2D eigenvalue weighted by molar-refractivity contribution is 7.10. The van der Waals surface area contributed by atoms with Gasteiger partial charge in [-0.2, -0.15) is 0 Å². The zero-order chi connectivity index (χ0) is 13.5. The Balaban J connectivity index is 1.87. The number of hydrogen-bond donors (Lipinski definition) is 1. The van der Waals surface area contributed by atoms with E-state index in [1.807, 2.05) is 0 Å². The summed E-state index contributed by atoms with van der Waals surface area (Å²) in [5.41, 5.74) is 6.58. The first-order chi connectivity index (χ1) is 9.33. The highest BCUT2D eigenvalue weighted by atomic mass is 32.1. The number of piperidine rings is 1. The van der Waals surface area contributed by atoms with Crippen LogP contribution in [0, 0.1) is 17.8 Å². The van der Waals surface area contributed by atoms with Gasteiger partial charge in [0.2, 0.25) is 0 Å². The summed E-state index contributed by atoms with van der Waals surface area (Å²) >= 11 is 1.80. The summed E-state index contributed by atoms with van der Waals surface area (Å²) in [4.78, 5) is 3.89. The summed E-state index contributed by atoms with van der Waals surface area (Å²) in [6.45, 7) is 4.68. The lowest BCUT2D eigenvalue weighted by atomic mass is 9.98. The van der Waals surface area contributed by atoms with Gasteiger partial charge in [0, 0.05) is 30.7 Å². The Kier molecular flexibility index (Phi) is 5.87. The minimum Gasteiger partial charge on any atom is -0.384 e. The van der Waals surface area contributed by atoms with Crippen molar-refractivity contribution in [2.45, 2.75) is 19.4 Å². The summed E-state index contributed by atoms with van der Waals surface area (Å²) in [7, 11) is 1.79. The fourth-order valence-electron chi connectivity index (χ4n) is 2.47. The van der Waals surface area contributed by atoms with Gasteiger partial charge in [0.15, 0.2) is 0 Å². The molecular formula is C15H22N2OS. The lowest BCUT2D eigenvalue weighted by Gasteiger charge is -2.31. The van der Waals surface area contributed by atoms with Crippen molar-refractivity contribution >= 4 is 11.3 Å². The quantitative estimate of drug-likeness (QED) is 0.855. The zero-order valence-electron chi connectivity index (χ0n) is 11.5. The summed E-state index contributed by atoms with van der Waals surface area (Å²) < 4.78 is 5.24. The lowest BCUT2D eigenvalue weighted by molar-refractivity contribution is 0.0972. The summed E-state index contributed by atoms with van der Waals surface area (Å²) in [6.07, 6.45) is 2.48. The fraction of sp³-hybridized carbons (Fsp3) is 0.600. The van der Waals surface area contributed by atoms with Crippen molar-refractivity contribution in [3.05, 3.63) is 21.9 Å². The number of rotatable bonds is 4. The predicted molar refractivity (Wildman–Crippen MR) is 80.1 cm³/mol. The molecule has 0 unspecified atom stereocenters. The van der Waals surface area contributed by atoms with Crippen molar-refractivity contribution in [1.29, 1.82) is 0 Å². The SMILES string of the molecule is COCC1CCN(Cc2sccc2C#CCN)CC1. The van der Waals surface area contributed by atoms with Crippen LogP contribution in [0.1, 0.15) is 23.3 Å². The van der Waals surface area contributed by atoms with Crippen molar-refractivity contribution in [2.75, 3.05) is 33.4 Å². The fourth-order valence-corrected chi connectivity index (χ4v) is 3.34. The Labute approximate surface area is 119 Å². The molecule has 0 spiro atoms. The second-order valence-electron chi connectivity index (χ2n) is 4.94. The van der Waals surface area contributed by atoms with Gasteiger partial charge in [-0.3, -0.25) is 4.90 Å². The molecule has 19 heavy (non-hydrogen) atoms. The number of nitrogens with two attached hydrogens (primary N) is 1. The van der Waals surface area contributed by atoms with Crippen molar-refractivity contribution in [1.82, 2.24) is 4.90 Å². The molecule has 0 bridgehead atoms. The van der Waals surface area contributed by atoms with Gasteiger partial charge in [0.1, 0.15) is 0 Å². The summed E-state index contributed by atoms with van der Waals surface area (Å²) in [5.74, 6) is 6.84. The molecule has 4 heteroatoms. The van der Waals surface area contributed by atoms with Crippen LogP contribution in [0.3, 0.4) is 0 Å². The summed E-state index contributed by atoms with van der Waals surface area (Å²) in [6, 6.07) is 2.10. The molecule has 0 radical (unpaired) electrons. The maximum Gasteiger partial charge on any atom is 0.0555 e. The normalized spacial score (nSPS) is 17.2. The molecule has 104 valence electrons. The Morgan fingerprint density at radius 1 is 1.47 bits per heavy atom. The molecule has 3 nitrogen and oxygen atoms in total. The van der Waals surface area contributed by atoms with E-state index in [-0.39, 0.29) is 0 Å². The average molecular weight is 278 g/mol. The largest absolute Gasteiger partial charge is 0.384 e. The molecule has 1 aliphatic heterocycles. The van der Waals surface area contributed by atoms with Crippen LogP contribution in [0.4, 0.5) is 0 Å². The third-order valence-electron chi connectivity index (χ3n) is 3.55. The first-order valence-electron chi connectivity index (χ1n) is 6.80. The van der Waals surface area contributed by atoms with Crippen molar-refractivity contribution < 1.29 is 4.74 Å². The first-order valence-corrected chi connectivity index (χ1v) is 7.68. The van der Waals surface area contributed by atoms with Crippen LogP contribution in [-0.2, 0) is 11.3 Å². The minimum atomic E-state index is 0.428. The number of nitrogens with zero attached hydrogens (tertiary/aromatic N) is 1. The van der Waals surface area contributed by atoms with E-state index in [9.17, 15) is 0 Å². The second-order valence-corrected chi connectivity index (χ2v) is 5.94. The van der Waals surface area contributed by atoms with Crippen LogP contribution < -0.4 is 5.73 Å². The molecular weight excluding hydrogens is 256 g/mol. The summed E-state index contributed by atoms with van der Waals surface area (Å²) in [5, 5.41) is 2.12. The molecule has 1 aromatic heterocycles. The van der Waals surface area contributed by atoms with E-state index in [0.29, 0.717) is 6.54 Å². The van der Waals surface area contributed by atoms with Gasteiger partial charge >= 0.3 is 0 Å². The van der Waals surface area contributed by atoms with E-state index >= 15 is 0 Å². The Hall–Kier alpha value is -0.860. The number of hydrogen-bond acceptors (Lipinski definition) is 4. The van der Waals surface area contributed by atoms with E-state index in [4.69, 9.17) is 10.5 Å². The lowest BCUT2D eigenvalue weighted by Crippen LogP contribution is -2.34. The number of likely N-dealkylation sites (tertiary alicyclic amines) is 1. The maximum absolute atomic E-state index is 5.43. The molecule has 0 saturated carbocycles. The van der Waals surface area contributed by atoms with Crippen LogP contribution in [0.5, 0.6) is 0 Å². The molecule has 1 fully saturated rings. The van der Waals surface area contributed by atoms with Crippen LogP contribution in [0.2, 0.25) is 0 Å². The van der Waals surface area contributed by atoms with Crippen molar-refractivity contribution in [3.8, 4) is 11.8 Å². The Morgan fingerprint density at radius 2 is 2.26 bits per heavy atom. The molecule has 1 aromatic rings. The molecule has 0 aliphatic carbocycles. The van der Waals surface area contributed by atoms with E-state index in [2.05, 4.69) is 28.2 Å². The monoisotopic (exact) mass is 278 g/mol.